The first-order chi connectivity index (χ1) is 9.77. The van der Waals surface area contributed by atoms with Crippen LogP contribution in [0.25, 0.3) is 0 Å². The number of esters is 1. The number of ether oxygens (including phenoxy) is 1. The van der Waals surface area contributed by atoms with Gasteiger partial charge in [-0.25, -0.2) is 0 Å². The second-order valence-electron chi connectivity index (χ2n) is 5.20. The molecule has 0 unspecified atom stereocenters. The summed E-state index contributed by atoms with van der Waals surface area (Å²) in [6.07, 6.45) is 6.44. The number of oxime groups is 1. The summed E-state index contributed by atoms with van der Waals surface area (Å²) in [5.74, 6) is -0.204. The van der Waals surface area contributed by atoms with E-state index in [1.165, 1.54) is 7.11 Å². The largest absolute Gasteiger partial charge is 0.468 e. The lowest BCUT2D eigenvalue weighted by Crippen LogP contribution is -2.36. The molecule has 108 valence electrons. The quantitative estimate of drug-likeness (QED) is 0.470. The first-order valence-corrected chi connectivity index (χ1v) is 7.06. The van der Waals surface area contributed by atoms with Gasteiger partial charge in [0.25, 0.3) is 0 Å². The van der Waals surface area contributed by atoms with E-state index in [1.54, 1.807) is 6.21 Å². The van der Waals surface area contributed by atoms with E-state index in [4.69, 9.17) is 9.57 Å². The van der Waals surface area contributed by atoms with Gasteiger partial charge in [-0.1, -0.05) is 54.8 Å². The van der Waals surface area contributed by atoms with Crippen molar-refractivity contribution in [2.24, 2.45) is 10.6 Å². The third-order valence-corrected chi connectivity index (χ3v) is 3.79. The Labute approximate surface area is 119 Å². The molecular formula is C16H21NO3. The molecule has 4 heteroatoms. The predicted molar refractivity (Wildman–Crippen MR) is 77.3 cm³/mol. The normalized spacial score (nSPS) is 17.9. The van der Waals surface area contributed by atoms with Crippen molar-refractivity contribution >= 4 is 12.2 Å². The Morgan fingerprint density at radius 2 is 1.95 bits per heavy atom. The van der Waals surface area contributed by atoms with Crippen molar-refractivity contribution in [3.63, 3.8) is 0 Å². The van der Waals surface area contributed by atoms with Crippen molar-refractivity contribution in [1.29, 1.82) is 0 Å². The maximum Gasteiger partial charge on any atom is 0.317 e. The molecule has 0 N–H and O–H groups in total. The van der Waals surface area contributed by atoms with Crippen LogP contribution in [0.1, 0.15) is 37.7 Å². The Morgan fingerprint density at radius 3 is 2.60 bits per heavy atom. The van der Waals surface area contributed by atoms with Crippen LogP contribution < -0.4 is 0 Å². The number of carbonyl (C=O) groups is 1. The second kappa shape index (κ2) is 7.08. The van der Waals surface area contributed by atoms with Crippen molar-refractivity contribution in [2.45, 2.75) is 38.7 Å². The van der Waals surface area contributed by atoms with Gasteiger partial charge in [0.2, 0.25) is 0 Å². The van der Waals surface area contributed by atoms with Gasteiger partial charge in [0.1, 0.15) is 12.0 Å². The molecule has 1 aliphatic carbocycles. The van der Waals surface area contributed by atoms with E-state index < -0.39 is 5.41 Å². The van der Waals surface area contributed by atoms with Gasteiger partial charge in [-0.3, -0.25) is 4.79 Å². The summed E-state index contributed by atoms with van der Waals surface area (Å²) < 4.78 is 4.92. The molecule has 0 heterocycles. The Morgan fingerprint density at radius 1 is 1.25 bits per heavy atom. The van der Waals surface area contributed by atoms with Gasteiger partial charge in [0.05, 0.1) is 13.3 Å². The predicted octanol–water partition coefficient (Wildman–Crippen LogP) is 3.31. The summed E-state index contributed by atoms with van der Waals surface area (Å²) in [6.45, 7) is 0.411. The van der Waals surface area contributed by atoms with Crippen LogP contribution in [-0.4, -0.2) is 19.3 Å². The van der Waals surface area contributed by atoms with Gasteiger partial charge >= 0.3 is 5.97 Å². The highest BCUT2D eigenvalue weighted by atomic mass is 16.6. The van der Waals surface area contributed by atoms with Gasteiger partial charge in [-0.15, -0.1) is 0 Å². The van der Waals surface area contributed by atoms with Crippen LogP contribution in [0.5, 0.6) is 0 Å². The molecule has 0 spiro atoms. The average Bonchev–Trinajstić information content (AvgIpc) is 2.53. The first-order valence-electron chi connectivity index (χ1n) is 7.06. The molecule has 0 amide bonds. The molecule has 1 fully saturated rings. The van der Waals surface area contributed by atoms with E-state index in [9.17, 15) is 4.79 Å². The number of nitrogens with zero attached hydrogens (tertiary/aromatic N) is 1. The fourth-order valence-electron chi connectivity index (χ4n) is 2.60. The molecule has 1 aliphatic rings. The topological polar surface area (TPSA) is 47.9 Å². The summed E-state index contributed by atoms with van der Waals surface area (Å²) in [5.41, 5.74) is 0.462. The van der Waals surface area contributed by atoms with Crippen LogP contribution >= 0.6 is 0 Å². The fraction of sp³-hybridized carbons (Fsp3) is 0.500. The molecule has 0 aromatic heterocycles. The van der Waals surface area contributed by atoms with Crippen molar-refractivity contribution in [3.05, 3.63) is 35.9 Å². The van der Waals surface area contributed by atoms with Crippen LogP contribution in [0.3, 0.4) is 0 Å². The molecule has 1 saturated carbocycles. The molecule has 0 aliphatic heterocycles. The zero-order chi connectivity index (χ0) is 14.3. The van der Waals surface area contributed by atoms with Gasteiger partial charge in [-0.05, 0) is 18.4 Å². The Hall–Kier alpha value is -1.84. The molecule has 0 bridgehead atoms. The minimum absolute atomic E-state index is 0.204. The average molecular weight is 275 g/mol. The van der Waals surface area contributed by atoms with Crippen LogP contribution in [0.4, 0.5) is 0 Å². The van der Waals surface area contributed by atoms with Crippen LogP contribution in [0, 0.1) is 5.41 Å². The SMILES string of the molecule is COC(=O)C1(C=NOCc2ccccc2)CCCCC1. The van der Waals surface area contributed by atoms with Gasteiger partial charge in [-0.2, -0.15) is 0 Å². The van der Waals surface area contributed by atoms with Crippen LogP contribution in [0.15, 0.2) is 35.5 Å². The van der Waals surface area contributed by atoms with E-state index in [1.807, 2.05) is 30.3 Å². The third-order valence-electron chi connectivity index (χ3n) is 3.79. The highest BCUT2D eigenvalue weighted by molar-refractivity contribution is 5.95. The lowest BCUT2D eigenvalue weighted by molar-refractivity contribution is -0.149. The third kappa shape index (κ3) is 3.59. The van der Waals surface area contributed by atoms with E-state index in [2.05, 4.69) is 5.16 Å². The number of methoxy groups -OCH3 is 1. The lowest BCUT2D eigenvalue weighted by atomic mass is 9.75. The number of carbonyl (C=O) groups excluding carboxylic acids is 1. The smallest absolute Gasteiger partial charge is 0.317 e. The zero-order valence-electron chi connectivity index (χ0n) is 11.9. The Kier molecular flexibility index (Phi) is 5.16. The summed E-state index contributed by atoms with van der Waals surface area (Å²) >= 11 is 0. The molecule has 0 radical (unpaired) electrons. The summed E-state index contributed by atoms with van der Waals surface area (Å²) in [7, 11) is 1.43. The number of hydrogen-bond acceptors (Lipinski definition) is 4. The summed E-state index contributed by atoms with van der Waals surface area (Å²) in [5, 5.41) is 4.01. The molecule has 2 rings (SSSR count). The molecule has 4 nitrogen and oxygen atoms in total. The molecule has 0 saturated heterocycles. The van der Waals surface area contributed by atoms with Gasteiger partial charge in [0.15, 0.2) is 0 Å². The number of benzene rings is 1. The van der Waals surface area contributed by atoms with Crippen LogP contribution in [0.2, 0.25) is 0 Å². The van der Waals surface area contributed by atoms with Gasteiger partial charge in [0, 0.05) is 0 Å². The minimum Gasteiger partial charge on any atom is -0.468 e. The maximum absolute atomic E-state index is 12.0. The summed E-state index contributed by atoms with van der Waals surface area (Å²) in [6, 6.07) is 9.83. The molecular weight excluding hydrogens is 254 g/mol. The van der Waals surface area contributed by atoms with E-state index in [0.717, 1.165) is 37.7 Å². The van der Waals surface area contributed by atoms with Crippen LogP contribution in [-0.2, 0) is 21.0 Å². The first kappa shape index (κ1) is 14.6. The molecule has 20 heavy (non-hydrogen) atoms. The zero-order valence-corrected chi connectivity index (χ0v) is 11.9. The highest BCUT2D eigenvalue weighted by Gasteiger charge is 2.39. The summed E-state index contributed by atoms with van der Waals surface area (Å²) in [4.78, 5) is 17.3. The maximum atomic E-state index is 12.0. The number of hydrogen-bond donors (Lipinski definition) is 0. The molecule has 1 aromatic carbocycles. The van der Waals surface area contributed by atoms with Crippen molar-refractivity contribution < 1.29 is 14.4 Å². The molecule has 1 aromatic rings. The number of rotatable bonds is 5. The standard InChI is InChI=1S/C16H21NO3/c1-19-15(18)16(10-6-3-7-11-16)13-17-20-12-14-8-4-2-5-9-14/h2,4-5,8-9,13H,3,6-7,10-12H2,1H3. The molecule has 0 atom stereocenters. The Balaban J connectivity index is 1.94. The lowest BCUT2D eigenvalue weighted by Gasteiger charge is -2.30. The van der Waals surface area contributed by atoms with E-state index >= 15 is 0 Å². The Bertz CT molecular complexity index is 450. The van der Waals surface area contributed by atoms with E-state index in [-0.39, 0.29) is 5.97 Å². The van der Waals surface area contributed by atoms with Crippen molar-refractivity contribution in [1.82, 2.24) is 0 Å². The van der Waals surface area contributed by atoms with E-state index in [0.29, 0.717) is 6.61 Å². The second-order valence-corrected chi connectivity index (χ2v) is 5.20. The highest BCUT2D eigenvalue weighted by Crippen LogP contribution is 2.35. The fourth-order valence-corrected chi connectivity index (χ4v) is 2.60. The van der Waals surface area contributed by atoms with Crippen molar-refractivity contribution in [3.8, 4) is 0 Å². The minimum atomic E-state index is -0.594. The van der Waals surface area contributed by atoms with Gasteiger partial charge < -0.3 is 9.57 Å². The monoisotopic (exact) mass is 275 g/mol. The van der Waals surface area contributed by atoms with Crippen molar-refractivity contribution in [2.75, 3.05) is 7.11 Å².